The second-order valence-electron chi connectivity index (χ2n) is 4.53. The maximum Gasteiger partial charge on any atom is 0.256 e. The van der Waals surface area contributed by atoms with Crippen molar-refractivity contribution in [3.8, 4) is 0 Å². The lowest BCUT2D eigenvalue weighted by Crippen LogP contribution is -2.20. The van der Waals surface area contributed by atoms with Crippen molar-refractivity contribution in [3.63, 3.8) is 0 Å². The summed E-state index contributed by atoms with van der Waals surface area (Å²) < 4.78 is 15.2. The van der Waals surface area contributed by atoms with Crippen LogP contribution in [0.5, 0.6) is 0 Å². The van der Waals surface area contributed by atoms with Crippen LogP contribution in [-0.4, -0.2) is 10.5 Å². The third kappa shape index (κ3) is 3.78. The van der Waals surface area contributed by atoms with Crippen LogP contribution >= 0.6 is 15.9 Å². The number of aryl methyl sites for hydroxylation is 1. The number of hydrogen-bond donors (Lipinski definition) is 1. The van der Waals surface area contributed by atoms with Crippen molar-refractivity contribution < 1.29 is 9.18 Å². The largest absolute Gasteiger partial charge is 0.321 e. The highest BCUT2D eigenvalue weighted by molar-refractivity contribution is 9.10. The predicted molar refractivity (Wildman–Crippen MR) is 83.0 cm³/mol. The average Bonchev–Trinajstić information content (AvgIpc) is 2.45. The van der Waals surface area contributed by atoms with E-state index in [4.69, 9.17) is 0 Å². The summed E-state index contributed by atoms with van der Waals surface area (Å²) in [6, 6.07) is 6.82. The summed E-state index contributed by atoms with van der Waals surface area (Å²) in [5.41, 5.74) is 0.564. The first-order chi connectivity index (χ1) is 10.0. The van der Waals surface area contributed by atoms with Gasteiger partial charge in [0, 0.05) is 23.3 Å². The van der Waals surface area contributed by atoms with Gasteiger partial charge in [-0.3, -0.25) is 9.59 Å². The monoisotopic (exact) mass is 352 g/mol. The van der Waals surface area contributed by atoms with Crippen molar-refractivity contribution in [1.29, 1.82) is 0 Å². The number of pyridine rings is 1. The Labute approximate surface area is 129 Å². The molecule has 0 saturated heterocycles. The zero-order valence-electron chi connectivity index (χ0n) is 11.4. The molecule has 0 spiro atoms. The second-order valence-corrected chi connectivity index (χ2v) is 5.38. The van der Waals surface area contributed by atoms with Crippen LogP contribution in [0.2, 0.25) is 0 Å². The molecule has 0 bridgehead atoms. The second kappa shape index (κ2) is 6.67. The summed E-state index contributed by atoms with van der Waals surface area (Å²) in [7, 11) is 0. The van der Waals surface area contributed by atoms with Crippen LogP contribution < -0.4 is 10.9 Å². The molecule has 0 unspecified atom stereocenters. The van der Waals surface area contributed by atoms with E-state index in [0.29, 0.717) is 16.7 Å². The summed E-state index contributed by atoms with van der Waals surface area (Å²) in [5, 5.41) is 2.66. The molecule has 1 amide bonds. The number of benzene rings is 1. The summed E-state index contributed by atoms with van der Waals surface area (Å²) in [4.78, 5) is 23.8. The van der Waals surface area contributed by atoms with Gasteiger partial charge in [-0.2, -0.15) is 0 Å². The zero-order valence-corrected chi connectivity index (χ0v) is 13.0. The van der Waals surface area contributed by atoms with E-state index < -0.39 is 11.7 Å². The van der Waals surface area contributed by atoms with Crippen LogP contribution in [-0.2, 0) is 6.54 Å². The summed E-state index contributed by atoms with van der Waals surface area (Å²) >= 11 is 3.21. The molecule has 0 aliphatic heterocycles. The van der Waals surface area contributed by atoms with Crippen LogP contribution in [0.1, 0.15) is 23.7 Å². The first-order valence-electron chi connectivity index (χ1n) is 6.48. The molecule has 0 fully saturated rings. The average molecular weight is 353 g/mol. The highest BCUT2D eigenvalue weighted by atomic mass is 79.9. The molecule has 2 rings (SSSR count). The number of halogens is 2. The van der Waals surface area contributed by atoms with Gasteiger partial charge in [0.15, 0.2) is 0 Å². The molecule has 0 radical (unpaired) electrons. The first-order valence-corrected chi connectivity index (χ1v) is 7.27. The number of hydrogen-bond acceptors (Lipinski definition) is 2. The van der Waals surface area contributed by atoms with Gasteiger partial charge < -0.3 is 9.88 Å². The van der Waals surface area contributed by atoms with Gasteiger partial charge in [0.05, 0.1) is 11.3 Å². The van der Waals surface area contributed by atoms with E-state index in [-0.39, 0.29) is 11.1 Å². The molecule has 21 heavy (non-hydrogen) atoms. The fraction of sp³-hybridized carbons (Fsp3) is 0.200. The predicted octanol–water partition coefficient (Wildman–Crippen LogP) is 3.41. The van der Waals surface area contributed by atoms with Crippen LogP contribution in [0.4, 0.5) is 10.1 Å². The summed E-state index contributed by atoms with van der Waals surface area (Å²) in [6.07, 6.45) is 2.39. The molecule has 2 aromatic rings. The Hall–Kier alpha value is -1.95. The molecule has 1 heterocycles. The molecule has 6 heteroatoms. The van der Waals surface area contributed by atoms with Gasteiger partial charge in [-0.05, 0) is 46.6 Å². The Kier molecular flexibility index (Phi) is 4.90. The fourth-order valence-electron chi connectivity index (χ4n) is 1.89. The molecule has 0 saturated carbocycles. The Bertz CT molecular complexity index is 728. The third-order valence-corrected chi connectivity index (χ3v) is 3.57. The number of nitrogens with one attached hydrogen (secondary N) is 1. The van der Waals surface area contributed by atoms with Crippen molar-refractivity contribution in [2.24, 2.45) is 0 Å². The summed E-state index contributed by atoms with van der Waals surface area (Å²) in [5.74, 6) is -0.928. The Balaban J connectivity index is 2.25. The zero-order chi connectivity index (χ0) is 15.4. The lowest BCUT2D eigenvalue weighted by Gasteiger charge is -2.09. The molecule has 0 atom stereocenters. The Morgan fingerprint density at radius 1 is 1.33 bits per heavy atom. The van der Waals surface area contributed by atoms with E-state index in [1.54, 1.807) is 6.20 Å². The van der Waals surface area contributed by atoms with E-state index in [1.165, 1.54) is 28.8 Å². The van der Waals surface area contributed by atoms with E-state index in [1.807, 2.05) is 6.92 Å². The van der Waals surface area contributed by atoms with Gasteiger partial charge in [0.1, 0.15) is 5.82 Å². The lowest BCUT2D eigenvalue weighted by molar-refractivity contribution is 0.102. The van der Waals surface area contributed by atoms with Crippen molar-refractivity contribution >= 4 is 27.5 Å². The topological polar surface area (TPSA) is 51.1 Å². The van der Waals surface area contributed by atoms with E-state index in [2.05, 4.69) is 21.2 Å². The molecular formula is C15H14BrFN2O2. The quantitative estimate of drug-likeness (QED) is 0.916. The minimum absolute atomic E-state index is 0.123. The normalized spacial score (nSPS) is 10.4. The highest BCUT2D eigenvalue weighted by Crippen LogP contribution is 2.19. The molecule has 1 aromatic carbocycles. The molecule has 0 aliphatic carbocycles. The number of carbonyl (C=O) groups excluding carboxylic acids is 1. The standard InChI is InChI=1S/C15H14BrFN2O2/c1-2-7-19-9-11(4-6-14(19)20)18-15(21)12-8-10(17)3-5-13(12)16/h3-6,8-9H,2,7H2,1H3,(H,18,21). The number of carbonyl (C=O) groups is 1. The third-order valence-electron chi connectivity index (χ3n) is 2.88. The SMILES string of the molecule is CCCn1cc(NC(=O)c2cc(F)ccc2Br)ccc1=O. The van der Waals surface area contributed by atoms with Crippen molar-refractivity contribution in [2.45, 2.75) is 19.9 Å². The Morgan fingerprint density at radius 2 is 2.10 bits per heavy atom. The van der Waals surface area contributed by atoms with Crippen molar-refractivity contribution in [2.75, 3.05) is 5.32 Å². The first kappa shape index (κ1) is 15.4. The van der Waals surface area contributed by atoms with Gasteiger partial charge in [-0.25, -0.2) is 4.39 Å². The van der Waals surface area contributed by atoms with Gasteiger partial charge in [0.2, 0.25) is 0 Å². The van der Waals surface area contributed by atoms with Crippen LogP contribution in [0, 0.1) is 5.82 Å². The van der Waals surface area contributed by atoms with Crippen LogP contribution in [0.3, 0.4) is 0 Å². The summed E-state index contributed by atoms with van der Waals surface area (Å²) in [6.45, 7) is 2.54. The van der Waals surface area contributed by atoms with E-state index in [9.17, 15) is 14.0 Å². The van der Waals surface area contributed by atoms with Crippen LogP contribution in [0.25, 0.3) is 0 Å². The maximum atomic E-state index is 13.2. The van der Waals surface area contributed by atoms with Gasteiger partial charge in [-0.15, -0.1) is 0 Å². The molecule has 4 nitrogen and oxygen atoms in total. The number of anilines is 1. The van der Waals surface area contributed by atoms with Crippen LogP contribution in [0.15, 0.2) is 45.8 Å². The molecule has 1 aromatic heterocycles. The van der Waals surface area contributed by atoms with Crippen molar-refractivity contribution in [1.82, 2.24) is 4.57 Å². The highest BCUT2D eigenvalue weighted by Gasteiger charge is 2.12. The van der Waals surface area contributed by atoms with Gasteiger partial charge in [0.25, 0.3) is 11.5 Å². The minimum Gasteiger partial charge on any atom is -0.321 e. The lowest BCUT2D eigenvalue weighted by atomic mass is 10.2. The molecule has 1 N–H and O–H groups in total. The van der Waals surface area contributed by atoms with Gasteiger partial charge in [-0.1, -0.05) is 6.92 Å². The Morgan fingerprint density at radius 3 is 2.81 bits per heavy atom. The van der Waals surface area contributed by atoms with Gasteiger partial charge >= 0.3 is 0 Å². The molecular weight excluding hydrogens is 339 g/mol. The van der Waals surface area contributed by atoms with E-state index in [0.717, 1.165) is 12.5 Å². The minimum atomic E-state index is -0.487. The molecule has 110 valence electrons. The number of aromatic nitrogens is 1. The smallest absolute Gasteiger partial charge is 0.256 e. The molecule has 0 aliphatic rings. The fourth-order valence-corrected chi connectivity index (χ4v) is 2.32. The number of rotatable bonds is 4. The number of amides is 1. The number of nitrogens with zero attached hydrogens (tertiary/aromatic N) is 1. The van der Waals surface area contributed by atoms with E-state index >= 15 is 0 Å². The maximum absolute atomic E-state index is 13.2. The van der Waals surface area contributed by atoms with Crippen molar-refractivity contribution in [3.05, 3.63) is 62.7 Å².